The summed E-state index contributed by atoms with van der Waals surface area (Å²) in [5, 5.41) is 0. The number of fused-ring (bicyclic) bond motifs is 1. The van der Waals surface area contributed by atoms with Gasteiger partial charge in [0.2, 0.25) is 0 Å². The Kier molecular flexibility index (Phi) is 2.92. The van der Waals surface area contributed by atoms with Crippen LogP contribution in [0.5, 0.6) is 11.5 Å². The molecule has 0 N–H and O–H groups in total. The highest BCUT2D eigenvalue weighted by atomic mass is 16.5. The molecule has 1 aromatic carbocycles. The van der Waals surface area contributed by atoms with Crippen molar-refractivity contribution in [2.45, 2.75) is 26.2 Å². The highest BCUT2D eigenvalue weighted by molar-refractivity contribution is 5.43. The average molecular weight is 192 g/mol. The topological polar surface area (TPSA) is 18.5 Å². The maximum Gasteiger partial charge on any atom is 0.161 e. The number of aryl methyl sites for hydroxylation is 1. The van der Waals surface area contributed by atoms with Gasteiger partial charge in [0.15, 0.2) is 11.5 Å². The number of hydrogen-bond acceptors (Lipinski definition) is 2. The Morgan fingerprint density at radius 2 is 1.93 bits per heavy atom. The Balaban J connectivity index is 2.23. The molecule has 0 aliphatic carbocycles. The van der Waals surface area contributed by atoms with Crippen LogP contribution in [0, 0.1) is 0 Å². The molecule has 0 amide bonds. The van der Waals surface area contributed by atoms with E-state index in [1.807, 2.05) is 6.07 Å². The molecule has 0 fully saturated rings. The van der Waals surface area contributed by atoms with Crippen molar-refractivity contribution in [1.82, 2.24) is 0 Å². The summed E-state index contributed by atoms with van der Waals surface area (Å²) in [7, 11) is 0. The monoisotopic (exact) mass is 192 g/mol. The molecule has 2 nitrogen and oxygen atoms in total. The van der Waals surface area contributed by atoms with Crippen molar-refractivity contribution in [1.29, 1.82) is 0 Å². The summed E-state index contributed by atoms with van der Waals surface area (Å²) in [6.07, 6.45) is 3.24. The third kappa shape index (κ3) is 2.00. The van der Waals surface area contributed by atoms with E-state index in [4.69, 9.17) is 9.47 Å². The molecular weight excluding hydrogens is 176 g/mol. The molecule has 0 saturated heterocycles. The summed E-state index contributed by atoms with van der Waals surface area (Å²) in [6, 6.07) is 6.24. The van der Waals surface area contributed by atoms with Crippen LogP contribution in [0.15, 0.2) is 18.2 Å². The fourth-order valence-electron chi connectivity index (χ4n) is 1.65. The minimum atomic E-state index is 0.764. The van der Waals surface area contributed by atoms with Crippen LogP contribution in [0.3, 0.4) is 0 Å². The highest BCUT2D eigenvalue weighted by Crippen LogP contribution is 2.30. The van der Waals surface area contributed by atoms with Gasteiger partial charge in [0.25, 0.3) is 0 Å². The van der Waals surface area contributed by atoms with Gasteiger partial charge in [-0.25, -0.2) is 0 Å². The van der Waals surface area contributed by atoms with E-state index in [0.717, 1.165) is 37.6 Å². The second-order valence-electron chi connectivity index (χ2n) is 3.58. The van der Waals surface area contributed by atoms with Crippen LogP contribution in [0.25, 0.3) is 0 Å². The standard InChI is InChI=1S/C12H16O2/c1-2-4-10-5-6-11-12(9-10)14-8-3-7-13-11/h5-6,9H,2-4,7-8H2,1H3. The maximum atomic E-state index is 5.61. The van der Waals surface area contributed by atoms with E-state index in [1.165, 1.54) is 12.0 Å². The second kappa shape index (κ2) is 4.36. The Labute approximate surface area is 84.8 Å². The molecule has 1 heterocycles. The lowest BCUT2D eigenvalue weighted by Gasteiger charge is -2.08. The van der Waals surface area contributed by atoms with E-state index in [1.54, 1.807) is 0 Å². The van der Waals surface area contributed by atoms with Crippen LogP contribution < -0.4 is 9.47 Å². The molecule has 2 rings (SSSR count). The first-order valence-corrected chi connectivity index (χ1v) is 5.28. The first kappa shape index (κ1) is 9.38. The van der Waals surface area contributed by atoms with Crippen LogP contribution in [-0.2, 0) is 6.42 Å². The molecule has 0 unspecified atom stereocenters. The number of rotatable bonds is 2. The van der Waals surface area contributed by atoms with E-state index in [9.17, 15) is 0 Å². The van der Waals surface area contributed by atoms with Gasteiger partial charge in [0, 0.05) is 6.42 Å². The van der Waals surface area contributed by atoms with Gasteiger partial charge in [-0.2, -0.15) is 0 Å². The van der Waals surface area contributed by atoms with E-state index >= 15 is 0 Å². The molecule has 0 radical (unpaired) electrons. The average Bonchev–Trinajstić information content (AvgIpc) is 2.42. The van der Waals surface area contributed by atoms with Gasteiger partial charge in [-0.05, 0) is 24.1 Å². The quantitative estimate of drug-likeness (QED) is 0.717. The van der Waals surface area contributed by atoms with Gasteiger partial charge in [-0.1, -0.05) is 19.4 Å². The summed E-state index contributed by atoms with van der Waals surface area (Å²) in [5.41, 5.74) is 1.33. The fraction of sp³-hybridized carbons (Fsp3) is 0.500. The third-order valence-electron chi connectivity index (χ3n) is 2.35. The first-order valence-electron chi connectivity index (χ1n) is 5.28. The van der Waals surface area contributed by atoms with E-state index < -0.39 is 0 Å². The van der Waals surface area contributed by atoms with Crippen LogP contribution in [0.1, 0.15) is 25.3 Å². The summed E-state index contributed by atoms with van der Waals surface area (Å²) < 4.78 is 11.2. The minimum Gasteiger partial charge on any atom is -0.490 e. The van der Waals surface area contributed by atoms with Crippen molar-refractivity contribution in [3.8, 4) is 11.5 Å². The molecule has 2 heteroatoms. The zero-order chi connectivity index (χ0) is 9.80. The van der Waals surface area contributed by atoms with Gasteiger partial charge in [-0.3, -0.25) is 0 Å². The third-order valence-corrected chi connectivity index (χ3v) is 2.35. The van der Waals surface area contributed by atoms with E-state index in [2.05, 4.69) is 19.1 Å². The summed E-state index contributed by atoms with van der Waals surface area (Å²) in [5.74, 6) is 1.80. The largest absolute Gasteiger partial charge is 0.490 e. The van der Waals surface area contributed by atoms with Gasteiger partial charge < -0.3 is 9.47 Å². The molecular formula is C12H16O2. The fourth-order valence-corrected chi connectivity index (χ4v) is 1.65. The number of ether oxygens (including phenoxy) is 2. The molecule has 0 bridgehead atoms. The van der Waals surface area contributed by atoms with Crippen molar-refractivity contribution in [2.75, 3.05) is 13.2 Å². The summed E-state index contributed by atoms with van der Waals surface area (Å²) >= 11 is 0. The maximum absolute atomic E-state index is 5.61. The smallest absolute Gasteiger partial charge is 0.161 e. The molecule has 0 aromatic heterocycles. The molecule has 1 aliphatic heterocycles. The Morgan fingerprint density at radius 3 is 2.71 bits per heavy atom. The van der Waals surface area contributed by atoms with E-state index in [0.29, 0.717) is 0 Å². The lowest BCUT2D eigenvalue weighted by atomic mass is 10.1. The second-order valence-corrected chi connectivity index (χ2v) is 3.58. The van der Waals surface area contributed by atoms with Crippen LogP contribution >= 0.6 is 0 Å². The zero-order valence-corrected chi connectivity index (χ0v) is 8.58. The van der Waals surface area contributed by atoms with Crippen LogP contribution in [-0.4, -0.2) is 13.2 Å². The molecule has 1 aliphatic rings. The lowest BCUT2D eigenvalue weighted by Crippen LogP contribution is -1.97. The van der Waals surface area contributed by atoms with Crippen molar-refractivity contribution >= 4 is 0 Å². The van der Waals surface area contributed by atoms with Crippen molar-refractivity contribution in [3.63, 3.8) is 0 Å². The van der Waals surface area contributed by atoms with Crippen molar-refractivity contribution in [3.05, 3.63) is 23.8 Å². The molecule has 14 heavy (non-hydrogen) atoms. The SMILES string of the molecule is CCCc1ccc2c(c1)OCCCO2. The molecule has 76 valence electrons. The zero-order valence-electron chi connectivity index (χ0n) is 8.58. The van der Waals surface area contributed by atoms with Gasteiger partial charge in [0.05, 0.1) is 13.2 Å². The lowest BCUT2D eigenvalue weighted by molar-refractivity contribution is 0.297. The van der Waals surface area contributed by atoms with Crippen molar-refractivity contribution in [2.24, 2.45) is 0 Å². The Morgan fingerprint density at radius 1 is 1.14 bits per heavy atom. The summed E-state index contributed by atoms with van der Waals surface area (Å²) in [4.78, 5) is 0. The molecule has 0 spiro atoms. The number of hydrogen-bond donors (Lipinski definition) is 0. The minimum absolute atomic E-state index is 0.764. The van der Waals surface area contributed by atoms with E-state index in [-0.39, 0.29) is 0 Å². The molecule has 0 saturated carbocycles. The predicted molar refractivity (Wildman–Crippen MR) is 56.0 cm³/mol. The molecule has 1 aromatic rings. The van der Waals surface area contributed by atoms with Gasteiger partial charge in [0.1, 0.15) is 0 Å². The van der Waals surface area contributed by atoms with Gasteiger partial charge in [-0.15, -0.1) is 0 Å². The molecule has 0 atom stereocenters. The van der Waals surface area contributed by atoms with Crippen LogP contribution in [0.2, 0.25) is 0 Å². The Bertz CT molecular complexity index is 307. The predicted octanol–water partition coefficient (Wildman–Crippen LogP) is 2.80. The van der Waals surface area contributed by atoms with Crippen molar-refractivity contribution < 1.29 is 9.47 Å². The Hall–Kier alpha value is -1.18. The van der Waals surface area contributed by atoms with Crippen LogP contribution in [0.4, 0.5) is 0 Å². The summed E-state index contributed by atoms with van der Waals surface area (Å²) in [6.45, 7) is 3.71. The highest BCUT2D eigenvalue weighted by Gasteiger charge is 2.09. The first-order chi connectivity index (χ1) is 6.90. The normalized spacial score (nSPS) is 14.9. The number of benzene rings is 1. The van der Waals surface area contributed by atoms with Gasteiger partial charge >= 0.3 is 0 Å².